The number of halogens is 1. The van der Waals surface area contributed by atoms with Gasteiger partial charge >= 0.3 is 0 Å². The first kappa shape index (κ1) is 14.5. The monoisotopic (exact) mass is 300 g/mol. The van der Waals surface area contributed by atoms with Crippen LogP contribution in [0.2, 0.25) is 0 Å². The van der Waals surface area contributed by atoms with Crippen LogP contribution in [0.4, 0.5) is 4.39 Å². The molecule has 2 aromatic rings. The van der Waals surface area contributed by atoms with E-state index in [1.54, 1.807) is 6.92 Å². The van der Waals surface area contributed by atoms with Crippen LogP contribution in [-0.4, -0.2) is 29.0 Å². The molecule has 20 heavy (non-hydrogen) atoms. The van der Waals surface area contributed by atoms with E-state index in [1.807, 2.05) is 0 Å². The Morgan fingerprint density at radius 1 is 1.50 bits per heavy atom. The number of benzene rings is 1. The molecule has 0 saturated heterocycles. The van der Waals surface area contributed by atoms with Crippen LogP contribution >= 0.6 is 0 Å². The molecule has 1 atom stereocenters. The molecule has 0 aliphatic carbocycles. The predicted molar refractivity (Wildman–Crippen MR) is 67.2 cm³/mol. The van der Waals surface area contributed by atoms with E-state index >= 15 is 0 Å². The first-order chi connectivity index (χ1) is 9.44. The molecule has 0 aliphatic heterocycles. The van der Waals surface area contributed by atoms with Gasteiger partial charge in [-0.2, -0.15) is 5.21 Å². The average molecular weight is 300 g/mol. The van der Waals surface area contributed by atoms with Crippen LogP contribution in [0, 0.1) is 5.82 Å². The van der Waals surface area contributed by atoms with Gasteiger partial charge in [0.05, 0.1) is 10.9 Å². The molecule has 1 heterocycles. The molecule has 8 nitrogen and oxygen atoms in total. The quantitative estimate of drug-likeness (QED) is 0.704. The summed E-state index contributed by atoms with van der Waals surface area (Å²) in [6.07, 6.45) is 0. The second kappa shape index (κ2) is 5.61. The molecule has 0 aliphatic rings. The van der Waals surface area contributed by atoms with E-state index in [0.29, 0.717) is 0 Å². The van der Waals surface area contributed by atoms with Gasteiger partial charge in [-0.25, -0.2) is 17.5 Å². The highest BCUT2D eigenvalue weighted by atomic mass is 32.2. The van der Waals surface area contributed by atoms with Gasteiger partial charge in [0.1, 0.15) is 5.82 Å². The molecule has 0 saturated carbocycles. The van der Waals surface area contributed by atoms with E-state index in [4.69, 9.17) is 5.73 Å². The molecule has 0 spiro atoms. The number of hydrogen-bond acceptors (Lipinski definition) is 6. The van der Waals surface area contributed by atoms with Crippen molar-refractivity contribution in [3.63, 3.8) is 0 Å². The molecular formula is C10H13FN6O2S. The molecule has 0 fully saturated rings. The lowest BCUT2D eigenvalue weighted by atomic mass is 10.2. The molecule has 0 bridgehead atoms. The first-order valence-corrected chi connectivity index (χ1v) is 7.16. The number of nitrogens with zero attached hydrogens (tertiary/aromatic N) is 3. The Labute approximate surface area is 114 Å². The summed E-state index contributed by atoms with van der Waals surface area (Å²) in [5.74, 6) is -0.340. The maximum Gasteiger partial charge on any atom is 0.241 e. The van der Waals surface area contributed by atoms with Crippen molar-refractivity contribution >= 4 is 10.0 Å². The minimum Gasteiger partial charge on any atom is -0.326 e. The summed E-state index contributed by atoms with van der Waals surface area (Å²) in [6, 6.07) is 2.75. The molecule has 1 unspecified atom stereocenters. The molecule has 0 radical (unpaired) electrons. The van der Waals surface area contributed by atoms with E-state index in [-0.39, 0.29) is 22.8 Å². The Kier molecular flexibility index (Phi) is 4.06. The Balaban J connectivity index is 2.26. The van der Waals surface area contributed by atoms with Crippen molar-refractivity contribution in [1.82, 2.24) is 25.3 Å². The van der Waals surface area contributed by atoms with Gasteiger partial charge in [0.25, 0.3) is 0 Å². The number of rotatable bonds is 5. The molecule has 2 rings (SSSR count). The molecule has 4 N–H and O–H groups in total. The summed E-state index contributed by atoms with van der Waals surface area (Å²) in [6.45, 7) is 1.48. The fourth-order valence-corrected chi connectivity index (χ4v) is 2.83. The number of nitrogens with two attached hydrogens (primary N) is 1. The molecular weight excluding hydrogens is 287 g/mol. The minimum atomic E-state index is -3.83. The number of hydrogen-bond donors (Lipinski definition) is 3. The van der Waals surface area contributed by atoms with Crippen molar-refractivity contribution < 1.29 is 12.8 Å². The number of nitrogens with one attached hydrogen (secondary N) is 2. The molecule has 10 heteroatoms. The van der Waals surface area contributed by atoms with E-state index in [9.17, 15) is 12.8 Å². The summed E-state index contributed by atoms with van der Waals surface area (Å²) < 4.78 is 40.0. The zero-order valence-corrected chi connectivity index (χ0v) is 11.4. The van der Waals surface area contributed by atoms with E-state index in [0.717, 1.165) is 6.07 Å². The van der Waals surface area contributed by atoms with Crippen LogP contribution in [0.15, 0.2) is 23.1 Å². The topological polar surface area (TPSA) is 127 Å². The Morgan fingerprint density at radius 3 is 2.85 bits per heavy atom. The number of aromatic nitrogens is 4. The van der Waals surface area contributed by atoms with E-state index in [2.05, 4.69) is 25.3 Å². The van der Waals surface area contributed by atoms with Gasteiger partial charge in [0.15, 0.2) is 5.82 Å². The maximum atomic E-state index is 13.3. The van der Waals surface area contributed by atoms with Crippen LogP contribution in [0.25, 0.3) is 0 Å². The lowest BCUT2D eigenvalue weighted by Gasteiger charge is -2.11. The van der Waals surface area contributed by atoms with Gasteiger partial charge < -0.3 is 5.73 Å². The molecule has 1 aromatic heterocycles. The van der Waals surface area contributed by atoms with Crippen LogP contribution in [-0.2, 0) is 16.6 Å². The van der Waals surface area contributed by atoms with E-state index < -0.39 is 21.9 Å². The Bertz CT molecular complexity index is 688. The Morgan fingerprint density at radius 2 is 2.25 bits per heavy atom. The second-order valence-electron chi connectivity index (χ2n) is 4.07. The fraction of sp³-hybridized carbons (Fsp3) is 0.300. The summed E-state index contributed by atoms with van der Waals surface area (Å²) in [5.41, 5.74) is 5.48. The van der Waals surface area contributed by atoms with Gasteiger partial charge in [-0.15, -0.1) is 10.2 Å². The standard InChI is InChI=1S/C10H13FN6O2S/c1-6(10-13-16-17-14-10)15-20(18,19)8-2-3-9(11)7(4-8)5-12/h2-4,6,15H,5,12H2,1H3,(H,13,14,16,17). The highest BCUT2D eigenvalue weighted by Gasteiger charge is 2.21. The summed E-state index contributed by atoms with van der Waals surface area (Å²) in [4.78, 5) is -0.0744. The third-order valence-corrected chi connectivity index (χ3v) is 4.17. The predicted octanol–water partition coefficient (Wildman–Crippen LogP) is -0.163. The SMILES string of the molecule is CC(NS(=O)(=O)c1ccc(F)c(CN)c1)c1nn[nH]n1. The van der Waals surface area contributed by atoms with Crippen LogP contribution in [0.3, 0.4) is 0 Å². The van der Waals surface area contributed by atoms with Crippen LogP contribution < -0.4 is 10.5 Å². The number of sulfonamides is 1. The minimum absolute atomic E-state index is 0.0744. The normalized spacial score (nSPS) is 13.3. The summed E-state index contributed by atoms with van der Waals surface area (Å²) in [7, 11) is -3.83. The highest BCUT2D eigenvalue weighted by molar-refractivity contribution is 7.89. The average Bonchev–Trinajstić information content (AvgIpc) is 2.92. The van der Waals surface area contributed by atoms with Crippen molar-refractivity contribution in [1.29, 1.82) is 0 Å². The highest BCUT2D eigenvalue weighted by Crippen LogP contribution is 2.17. The lowest BCUT2D eigenvalue weighted by Crippen LogP contribution is -2.27. The first-order valence-electron chi connectivity index (χ1n) is 5.68. The number of tetrazole rings is 1. The van der Waals surface area contributed by atoms with Crippen molar-refractivity contribution in [2.24, 2.45) is 5.73 Å². The maximum absolute atomic E-state index is 13.3. The zero-order chi connectivity index (χ0) is 14.8. The smallest absolute Gasteiger partial charge is 0.241 e. The van der Waals surface area contributed by atoms with Gasteiger partial charge in [0.2, 0.25) is 10.0 Å². The van der Waals surface area contributed by atoms with Crippen molar-refractivity contribution in [3.8, 4) is 0 Å². The van der Waals surface area contributed by atoms with Crippen LogP contribution in [0.1, 0.15) is 24.4 Å². The molecule has 1 aromatic carbocycles. The fourth-order valence-electron chi connectivity index (χ4n) is 1.58. The largest absolute Gasteiger partial charge is 0.326 e. The third kappa shape index (κ3) is 2.98. The van der Waals surface area contributed by atoms with Gasteiger partial charge in [-0.3, -0.25) is 0 Å². The lowest BCUT2D eigenvalue weighted by molar-refractivity contribution is 0.558. The van der Waals surface area contributed by atoms with Crippen molar-refractivity contribution in [3.05, 3.63) is 35.4 Å². The third-order valence-electron chi connectivity index (χ3n) is 2.63. The van der Waals surface area contributed by atoms with Crippen molar-refractivity contribution in [2.45, 2.75) is 24.4 Å². The zero-order valence-electron chi connectivity index (χ0n) is 10.5. The van der Waals surface area contributed by atoms with Gasteiger partial charge in [0, 0.05) is 12.1 Å². The summed E-state index contributed by atoms with van der Waals surface area (Å²) >= 11 is 0. The van der Waals surface area contributed by atoms with Gasteiger partial charge in [-0.05, 0) is 25.1 Å². The molecule has 0 amide bonds. The van der Waals surface area contributed by atoms with E-state index in [1.165, 1.54) is 12.1 Å². The number of aromatic amines is 1. The van der Waals surface area contributed by atoms with Crippen LogP contribution in [0.5, 0.6) is 0 Å². The Hall–Kier alpha value is -1.91. The number of H-pyrrole nitrogens is 1. The van der Waals surface area contributed by atoms with Crippen molar-refractivity contribution in [2.75, 3.05) is 0 Å². The molecule has 108 valence electrons. The summed E-state index contributed by atoms with van der Waals surface area (Å²) in [5, 5.41) is 13.0. The second-order valence-corrected chi connectivity index (χ2v) is 5.78. The van der Waals surface area contributed by atoms with Gasteiger partial charge in [-0.1, -0.05) is 5.21 Å².